The average Bonchev–Trinajstić information content (AvgIpc) is 2.23. The van der Waals surface area contributed by atoms with Crippen LogP contribution in [-0.2, 0) is 9.59 Å². The number of amides is 1. The van der Waals surface area contributed by atoms with Crippen LogP contribution in [0.15, 0.2) is 12.1 Å². The molecule has 1 aromatic rings. The van der Waals surface area contributed by atoms with E-state index in [-0.39, 0.29) is 17.7 Å². The van der Waals surface area contributed by atoms with E-state index in [1.165, 1.54) is 6.07 Å². The van der Waals surface area contributed by atoms with E-state index in [9.17, 15) is 18.4 Å². The van der Waals surface area contributed by atoms with E-state index in [4.69, 9.17) is 5.11 Å². The molecule has 16 heavy (non-hydrogen) atoms. The van der Waals surface area contributed by atoms with Gasteiger partial charge in [-0.1, -0.05) is 6.07 Å². The van der Waals surface area contributed by atoms with Gasteiger partial charge in [0.25, 0.3) is 0 Å². The number of carboxylic acids is 1. The third-order valence-electron chi connectivity index (χ3n) is 2.45. The van der Waals surface area contributed by atoms with E-state index in [0.29, 0.717) is 0 Å². The zero-order valence-corrected chi connectivity index (χ0v) is 7.96. The quantitative estimate of drug-likeness (QED) is 0.763. The monoisotopic (exact) mass is 227 g/mol. The summed E-state index contributed by atoms with van der Waals surface area (Å²) in [6, 6.07) is 2.02. The Morgan fingerprint density at radius 1 is 1.44 bits per heavy atom. The normalized spacial score (nSPS) is 18.9. The first-order chi connectivity index (χ1) is 7.50. The summed E-state index contributed by atoms with van der Waals surface area (Å²) in [7, 11) is 0. The van der Waals surface area contributed by atoms with Crippen LogP contribution in [-0.4, -0.2) is 17.0 Å². The molecule has 1 amide bonds. The fourth-order valence-electron chi connectivity index (χ4n) is 1.69. The smallest absolute Gasteiger partial charge is 0.311 e. The molecule has 1 heterocycles. The highest BCUT2D eigenvalue weighted by atomic mass is 19.2. The molecule has 1 aliphatic heterocycles. The van der Waals surface area contributed by atoms with Gasteiger partial charge in [-0.25, -0.2) is 8.78 Å². The van der Waals surface area contributed by atoms with Crippen molar-refractivity contribution in [2.45, 2.75) is 12.3 Å². The minimum atomic E-state index is -1.23. The lowest BCUT2D eigenvalue weighted by Crippen LogP contribution is -2.28. The summed E-state index contributed by atoms with van der Waals surface area (Å²) < 4.78 is 26.2. The number of carbonyl (C=O) groups excluding carboxylic acids is 1. The van der Waals surface area contributed by atoms with Crippen molar-refractivity contribution in [2.24, 2.45) is 0 Å². The maximum Gasteiger partial charge on any atom is 0.311 e. The summed E-state index contributed by atoms with van der Waals surface area (Å²) in [6.45, 7) is 0. The second-order valence-electron chi connectivity index (χ2n) is 3.47. The van der Waals surface area contributed by atoms with Gasteiger partial charge < -0.3 is 10.4 Å². The highest BCUT2D eigenvalue weighted by Gasteiger charge is 2.33. The molecule has 1 atom stereocenters. The number of hydrogen-bond acceptors (Lipinski definition) is 2. The van der Waals surface area contributed by atoms with Crippen LogP contribution < -0.4 is 5.32 Å². The number of benzene rings is 1. The molecule has 2 rings (SSSR count). The number of carboxylic acid groups (broad SMARTS) is 1. The van der Waals surface area contributed by atoms with E-state index >= 15 is 0 Å². The van der Waals surface area contributed by atoms with Gasteiger partial charge in [-0.15, -0.1) is 0 Å². The Morgan fingerprint density at radius 3 is 2.75 bits per heavy atom. The second kappa shape index (κ2) is 3.55. The van der Waals surface area contributed by atoms with Gasteiger partial charge in [0.1, 0.15) is 0 Å². The molecule has 0 saturated heterocycles. The first-order valence-corrected chi connectivity index (χ1v) is 4.51. The lowest BCUT2D eigenvalue weighted by molar-refractivity contribution is -0.140. The lowest BCUT2D eigenvalue weighted by Gasteiger charge is -2.22. The summed E-state index contributed by atoms with van der Waals surface area (Å²) >= 11 is 0. The fraction of sp³-hybridized carbons (Fsp3) is 0.200. The molecule has 0 aliphatic carbocycles. The van der Waals surface area contributed by atoms with Crippen LogP contribution in [0, 0.1) is 11.6 Å². The standard InChI is InChI=1S/C10H7F2NO3/c11-6-2-1-4-5(10(15)16)3-7(14)13-9(4)8(6)12/h1-2,5H,3H2,(H,13,14)(H,15,16). The van der Waals surface area contributed by atoms with Gasteiger partial charge >= 0.3 is 5.97 Å². The van der Waals surface area contributed by atoms with Gasteiger partial charge in [0.15, 0.2) is 11.6 Å². The van der Waals surface area contributed by atoms with Crippen molar-refractivity contribution in [2.75, 3.05) is 5.32 Å². The Hall–Kier alpha value is -1.98. The van der Waals surface area contributed by atoms with Crippen LogP contribution in [0.1, 0.15) is 17.9 Å². The maximum atomic E-state index is 13.3. The number of anilines is 1. The minimum Gasteiger partial charge on any atom is -0.481 e. The van der Waals surface area contributed by atoms with Crippen LogP contribution in [0.4, 0.5) is 14.5 Å². The van der Waals surface area contributed by atoms with Crippen molar-refractivity contribution in [1.82, 2.24) is 0 Å². The van der Waals surface area contributed by atoms with E-state index in [1.807, 2.05) is 0 Å². The lowest BCUT2D eigenvalue weighted by atomic mass is 9.90. The van der Waals surface area contributed by atoms with Crippen molar-refractivity contribution < 1.29 is 23.5 Å². The molecular weight excluding hydrogens is 220 g/mol. The van der Waals surface area contributed by atoms with Gasteiger partial charge in [-0.2, -0.15) is 0 Å². The second-order valence-corrected chi connectivity index (χ2v) is 3.47. The molecule has 84 valence electrons. The molecule has 4 nitrogen and oxygen atoms in total. The molecule has 2 N–H and O–H groups in total. The number of nitrogens with one attached hydrogen (secondary N) is 1. The molecule has 0 radical (unpaired) electrons. The third-order valence-corrected chi connectivity index (χ3v) is 2.45. The predicted molar refractivity (Wildman–Crippen MR) is 50.0 cm³/mol. The van der Waals surface area contributed by atoms with Crippen molar-refractivity contribution >= 4 is 17.6 Å². The minimum absolute atomic E-state index is 0.0889. The Morgan fingerprint density at radius 2 is 2.12 bits per heavy atom. The predicted octanol–water partition coefficient (Wildman–Crippen LogP) is 1.48. The SMILES string of the molecule is O=C1CC(C(=O)O)c2ccc(F)c(F)c2N1. The van der Waals surface area contributed by atoms with Crippen molar-refractivity contribution in [3.05, 3.63) is 29.3 Å². The Kier molecular flexibility index (Phi) is 2.34. The molecule has 1 aromatic carbocycles. The van der Waals surface area contributed by atoms with Crippen molar-refractivity contribution in [3.63, 3.8) is 0 Å². The molecule has 1 aliphatic rings. The zero-order chi connectivity index (χ0) is 11.9. The summed E-state index contributed by atoms with van der Waals surface area (Å²) in [5, 5.41) is 11.0. The number of aliphatic carboxylic acids is 1. The first kappa shape index (κ1) is 10.5. The molecule has 0 spiro atoms. The highest BCUT2D eigenvalue weighted by Crippen LogP contribution is 2.35. The Bertz CT molecular complexity index is 487. The number of fused-ring (bicyclic) bond motifs is 1. The van der Waals surface area contributed by atoms with Crippen LogP contribution in [0.3, 0.4) is 0 Å². The number of carbonyl (C=O) groups is 2. The molecular formula is C10H7F2NO3. The van der Waals surface area contributed by atoms with E-state index < -0.39 is 29.4 Å². The topological polar surface area (TPSA) is 66.4 Å². The van der Waals surface area contributed by atoms with Gasteiger partial charge in [0, 0.05) is 6.42 Å². The van der Waals surface area contributed by atoms with E-state index in [2.05, 4.69) is 5.32 Å². The fourth-order valence-corrected chi connectivity index (χ4v) is 1.69. The van der Waals surface area contributed by atoms with Crippen LogP contribution >= 0.6 is 0 Å². The van der Waals surface area contributed by atoms with Crippen LogP contribution in [0.25, 0.3) is 0 Å². The molecule has 0 aromatic heterocycles. The van der Waals surface area contributed by atoms with Gasteiger partial charge in [-0.3, -0.25) is 9.59 Å². The maximum absolute atomic E-state index is 13.3. The first-order valence-electron chi connectivity index (χ1n) is 4.51. The molecule has 0 fully saturated rings. The third kappa shape index (κ3) is 1.52. The van der Waals surface area contributed by atoms with Gasteiger partial charge in [-0.05, 0) is 11.6 Å². The van der Waals surface area contributed by atoms with Crippen LogP contribution in [0.2, 0.25) is 0 Å². The average molecular weight is 227 g/mol. The van der Waals surface area contributed by atoms with E-state index in [0.717, 1.165) is 6.07 Å². The van der Waals surface area contributed by atoms with Crippen molar-refractivity contribution in [1.29, 1.82) is 0 Å². The van der Waals surface area contributed by atoms with E-state index in [1.54, 1.807) is 0 Å². The number of hydrogen-bond donors (Lipinski definition) is 2. The summed E-state index contributed by atoms with van der Waals surface area (Å²) in [5.74, 6) is -5.34. The Balaban J connectivity index is 2.60. The summed E-state index contributed by atoms with van der Waals surface area (Å²) in [6.07, 6.45) is -0.270. The van der Waals surface area contributed by atoms with Crippen LogP contribution in [0.5, 0.6) is 0 Å². The summed E-state index contributed by atoms with van der Waals surface area (Å²) in [4.78, 5) is 22.0. The van der Waals surface area contributed by atoms with Crippen molar-refractivity contribution in [3.8, 4) is 0 Å². The summed E-state index contributed by atoms with van der Waals surface area (Å²) in [5.41, 5.74) is -0.283. The number of rotatable bonds is 1. The van der Waals surface area contributed by atoms with Gasteiger partial charge in [0.2, 0.25) is 5.91 Å². The Labute approximate surface area is 88.9 Å². The molecule has 1 unspecified atom stereocenters. The zero-order valence-electron chi connectivity index (χ0n) is 7.96. The molecule has 6 heteroatoms. The highest BCUT2D eigenvalue weighted by molar-refractivity contribution is 5.99. The molecule has 0 bridgehead atoms. The molecule has 0 saturated carbocycles. The largest absolute Gasteiger partial charge is 0.481 e. The van der Waals surface area contributed by atoms with Gasteiger partial charge in [0.05, 0.1) is 11.6 Å². The number of halogens is 2.